The molecule has 1 heterocycles. The van der Waals surface area contributed by atoms with Gasteiger partial charge >= 0.3 is 5.97 Å². The normalized spacial score (nSPS) is 10.7. The molecule has 0 radical (unpaired) electrons. The Bertz CT molecular complexity index is 519. The highest BCUT2D eigenvalue weighted by molar-refractivity contribution is 7.80. The summed E-state index contributed by atoms with van der Waals surface area (Å²) in [4.78, 5) is 11.7. The zero-order chi connectivity index (χ0) is 10.3. The maximum absolute atomic E-state index is 10.7. The Labute approximate surface area is 94.5 Å². The number of thiophene rings is 1. The molecular weight excluding hydrogens is 240 g/mol. The Morgan fingerprint density at radius 1 is 1.43 bits per heavy atom. The zero-order valence-corrected chi connectivity index (χ0v) is 9.29. The highest BCUT2D eigenvalue weighted by Gasteiger charge is 2.10. The number of hydrogen-bond donors (Lipinski definition) is 2. The molecule has 0 unspecified atom stereocenters. The van der Waals surface area contributed by atoms with E-state index in [1.54, 1.807) is 18.2 Å². The van der Waals surface area contributed by atoms with Crippen molar-refractivity contribution in [1.82, 2.24) is 0 Å². The van der Waals surface area contributed by atoms with Gasteiger partial charge < -0.3 is 5.11 Å². The summed E-state index contributed by atoms with van der Waals surface area (Å²) < 4.78 is 0.847. The first-order valence-corrected chi connectivity index (χ1v) is 5.37. The third-order valence-electron chi connectivity index (χ3n) is 1.78. The van der Waals surface area contributed by atoms with Crippen LogP contribution in [-0.2, 0) is 0 Å². The molecule has 0 amide bonds. The fourth-order valence-electron chi connectivity index (χ4n) is 1.19. The Balaban J connectivity index is 2.76. The van der Waals surface area contributed by atoms with Crippen LogP contribution in [0.4, 0.5) is 0 Å². The van der Waals surface area contributed by atoms with Gasteiger partial charge in [-0.3, -0.25) is 0 Å². The van der Waals surface area contributed by atoms with Crippen LogP contribution in [0.2, 0.25) is 5.02 Å². The Kier molecular flexibility index (Phi) is 2.43. The summed E-state index contributed by atoms with van der Waals surface area (Å²) >= 11 is 11.3. The summed E-state index contributed by atoms with van der Waals surface area (Å²) in [6.07, 6.45) is 0. The molecule has 0 spiro atoms. The first-order chi connectivity index (χ1) is 6.58. The number of thiol groups is 1. The van der Waals surface area contributed by atoms with Gasteiger partial charge in [0.25, 0.3) is 0 Å². The van der Waals surface area contributed by atoms with Crippen molar-refractivity contribution in [3.8, 4) is 0 Å². The van der Waals surface area contributed by atoms with Crippen molar-refractivity contribution in [1.29, 1.82) is 0 Å². The molecule has 0 atom stereocenters. The average Bonchev–Trinajstić information content (AvgIpc) is 2.47. The second kappa shape index (κ2) is 3.46. The van der Waals surface area contributed by atoms with E-state index in [2.05, 4.69) is 12.6 Å². The number of fused-ring (bicyclic) bond motifs is 1. The lowest BCUT2D eigenvalue weighted by Gasteiger charge is -1.94. The van der Waals surface area contributed by atoms with Gasteiger partial charge in [0.1, 0.15) is 4.88 Å². The third-order valence-corrected chi connectivity index (χ3v) is 3.42. The summed E-state index contributed by atoms with van der Waals surface area (Å²) in [6.45, 7) is 0. The lowest BCUT2D eigenvalue weighted by atomic mass is 10.2. The molecule has 0 fully saturated rings. The summed E-state index contributed by atoms with van der Waals surface area (Å²) in [6, 6.07) is 5.09. The number of rotatable bonds is 1. The minimum Gasteiger partial charge on any atom is -0.477 e. The van der Waals surface area contributed by atoms with Gasteiger partial charge in [-0.05, 0) is 18.2 Å². The largest absolute Gasteiger partial charge is 0.477 e. The minimum absolute atomic E-state index is 0.292. The molecule has 0 saturated heterocycles. The van der Waals surface area contributed by atoms with Crippen molar-refractivity contribution in [2.24, 2.45) is 0 Å². The lowest BCUT2D eigenvalue weighted by Crippen LogP contribution is -1.89. The van der Waals surface area contributed by atoms with E-state index in [1.807, 2.05) is 0 Å². The molecular formula is C9H5ClO2S2. The van der Waals surface area contributed by atoms with Gasteiger partial charge in [0.05, 0.1) is 5.02 Å². The summed E-state index contributed by atoms with van der Waals surface area (Å²) in [5.74, 6) is -0.928. The van der Waals surface area contributed by atoms with Gasteiger partial charge in [-0.25, -0.2) is 4.79 Å². The van der Waals surface area contributed by atoms with Gasteiger partial charge in [-0.15, -0.1) is 24.0 Å². The summed E-state index contributed by atoms with van der Waals surface area (Å²) in [5.41, 5.74) is 0. The van der Waals surface area contributed by atoms with Crippen molar-refractivity contribution >= 4 is 51.6 Å². The predicted molar refractivity (Wildman–Crippen MR) is 61.0 cm³/mol. The highest BCUT2D eigenvalue weighted by Crippen LogP contribution is 2.33. The summed E-state index contributed by atoms with van der Waals surface area (Å²) in [7, 11) is 0. The number of carboxylic acid groups (broad SMARTS) is 1. The topological polar surface area (TPSA) is 37.3 Å². The van der Waals surface area contributed by atoms with E-state index >= 15 is 0 Å². The smallest absolute Gasteiger partial charge is 0.345 e. The molecule has 1 aromatic heterocycles. The molecule has 0 bridgehead atoms. The lowest BCUT2D eigenvalue weighted by molar-refractivity contribution is 0.0702. The highest BCUT2D eigenvalue weighted by atomic mass is 35.5. The van der Waals surface area contributed by atoms with E-state index in [0.717, 1.165) is 15.0 Å². The van der Waals surface area contributed by atoms with Gasteiger partial charge in [0.15, 0.2) is 0 Å². The van der Waals surface area contributed by atoms with E-state index in [1.165, 1.54) is 11.3 Å². The van der Waals surface area contributed by atoms with Crippen molar-refractivity contribution < 1.29 is 9.90 Å². The average molecular weight is 245 g/mol. The van der Waals surface area contributed by atoms with Crippen LogP contribution >= 0.6 is 35.6 Å². The number of aromatic carboxylic acids is 1. The zero-order valence-electron chi connectivity index (χ0n) is 6.82. The van der Waals surface area contributed by atoms with Crippen LogP contribution in [0.15, 0.2) is 23.1 Å². The predicted octanol–water partition coefficient (Wildman–Crippen LogP) is 3.54. The van der Waals surface area contributed by atoms with E-state index in [9.17, 15) is 4.79 Å². The van der Waals surface area contributed by atoms with Gasteiger partial charge in [-0.2, -0.15) is 0 Å². The van der Waals surface area contributed by atoms with E-state index < -0.39 is 5.97 Å². The molecule has 0 saturated carbocycles. The number of hydrogen-bond acceptors (Lipinski definition) is 3. The molecule has 72 valence electrons. The van der Waals surface area contributed by atoms with Crippen molar-refractivity contribution in [2.75, 3.05) is 0 Å². The van der Waals surface area contributed by atoms with Crippen molar-refractivity contribution in [3.63, 3.8) is 0 Å². The van der Waals surface area contributed by atoms with Crippen LogP contribution in [0.3, 0.4) is 0 Å². The molecule has 14 heavy (non-hydrogen) atoms. The van der Waals surface area contributed by atoms with Crippen molar-refractivity contribution in [2.45, 2.75) is 4.90 Å². The second-order valence-electron chi connectivity index (χ2n) is 2.76. The van der Waals surface area contributed by atoms with Gasteiger partial charge in [-0.1, -0.05) is 11.6 Å². The molecule has 2 aromatic rings. The molecule has 0 aliphatic rings. The molecule has 0 aliphatic carbocycles. The molecule has 1 N–H and O–H groups in total. The maximum atomic E-state index is 10.7. The Morgan fingerprint density at radius 2 is 2.14 bits per heavy atom. The van der Waals surface area contributed by atoms with Crippen LogP contribution in [0.1, 0.15) is 9.67 Å². The Hall–Kier alpha value is -0.710. The Morgan fingerprint density at radius 3 is 2.79 bits per heavy atom. The van der Waals surface area contributed by atoms with Crippen LogP contribution in [0.25, 0.3) is 10.1 Å². The molecule has 0 aliphatic heterocycles. The van der Waals surface area contributed by atoms with Crippen LogP contribution in [0, 0.1) is 0 Å². The van der Waals surface area contributed by atoms with Gasteiger partial charge in [0, 0.05) is 15.0 Å². The monoisotopic (exact) mass is 244 g/mol. The number of halogens is 1. The van der Waals surface area contributed by atoms with E-state index in [-0.39, 0.29) is 0 Å². The maximum Gasteiger partial charge on any atom is 0.345 e. The first-order valence-electron chi connectivity index (χ1n) is 3.73. The number of benzene rings is 1. The molecule has 1 aromatic carbocycles. The fraction of sp³-hybridized carbons (Fsp3) is 0. The number of carbonyl (C=O) groups is 1. The van der Waals surface area contributed by atoms with Crippen molar-refractivity contribution in [3.05, 3.63) is 28.1 Å². The SMILES string of the molecule is O=C(O)c1cc2c(Cl)cc(S)cc2s1. The molecule has 2 nitrogen and oxygen atoms in total. The summed E-state index contributed by atoms with van der Waals surface area (Å²) in [5, 5.41) is 10.1. The van der Waals surface area contributed by atoms with Crippen LogP contribution < -0.4 is 0 Å². The standard InChI is InChI=1S/C9H5ClO2S2/c10-6-1-4(13)2-7-5(6)3-8(14-7)9(11)12/h1-3,13H,(H,11,12). The second-order valence-corrected chi connectivity index (χ2v) is 4.76. The quantitative estimate of drug-likeness (QED) is 0.753. The van der Waals surface area contributed by atoms with Crippen LogP contribution in [-0.4, -0.2) is 11.1 Å². The van der Waals surface area contributed by atoms with Crippen LogP contribution in [0.5, 0.6) is 0 Å². The minimum atomic E-state index is -0.928. The fourth-order valence-corrected chi connectivity index (χ4v) is 2.91. The van der Waals surface area contributed by atoms with E-state index in [4.69, 9.17) is 16.7 Å². The number of carboxylic acids is 1. The molecule has 2 rings (SSSR count). The molecule has 5 heteroatoms. The third kappa shape index (κ3) is 1.61. The first kappa shape index (κ1) is 9.83. The van der Waals surface area contributed by atoms with Gasteiger partial charge in [0.2, 0.25) is 0 Å². The van der Waals surface area contributed by atoms with E-state index in [0.29, 0.717) is 9.90 Å².